The van der Waals surface area contributed by atoms with Gasteiger partial charge in [0.1, 0.15) is 6.61 Å². The van der Waals surface area contributed by atoms with E-state index in [4.69, 9.17) is 30.8 Å². The largest absolute Gasteiger partial charge is 0.493 e. The van der Waals surface area contributed by atoms with Gasteiger partial charge in [-0.05, 0) is 18.2 Å². The molecule has 2 aromatic rings. The molecule has 1 amide bonds. The summed E-state index contributed by atoms with van der Waals surface area (Å²) in [6.45, 7) is 2.36. The number of nitrogens with two attached hydrogens (primary N) is 2. The van der Waals surface area contributed by atoms with Crippen molar-refractivity contribution in [3.05, 3.63) is 34.8 Å². The molecule has 27 heavy (non-hydrogen) atoms. The van der Waals surface area contributed by atoms with E-state index in [1.807, 2.05) is 5.38 Å². The van der Waals surface area contributed by atoms with Crippen molar-refractivity contribution in [1.29, 1.82) is 0 Å². The number of ether oxygens (including phenoxy) is 2. The fourth-order valence-corrected chi connectivity index (χ4v) is 2.54. The summed E-state index contributed by atoms with van der Waals surface area (Å²) in [5, 5.41) is 12.7. The minimum Gasteiger partial charge on any atom is -0.493 e. The van der Waals surface area contributed by atoms with Crippen LogP contribution >= 0.6 is 11.3 Å². The van der Waals surface area contributed by atoms with E-state index in [9.17, 15) is 4.79 Å². The lowest BCUT2D eigenvalue weighted by Crippen LogP contribution is -2.25. The predicted octanol–water partition coefficient (Wildman–Crippen LogP) is 1.13. The van der Waals surface area contributed by atoms with Crippen LogP contribution in [0.1, 0.15) is 23.0 Å². The van der Waals surface area contributed by atoms with Crippen molar-refractivity contribution < 1.29 is 24.2 Å². The number of aliphatic carboxylic acids is 1. The van der Waals surface area contributed by atoms with Crippen LogP contribution in [-0.2, 0) is 11.2 Å². The highest BCUT2D eigenvalue weighted by Crippen LogP contribution is 2.27. The molecule has 6 N–H and O–H groups in total. The molecule has 1 aromatic carbocycles. The summed E-state index contributed by atoms with van der Waals surface area (Å²) >= 11 is 1.39. The number of anilines is 1. The first-order valence-electron chi connectivity index (χ1n) is 8.05. The number of rotatable bonds is 8. The zero-order chi connectivity index (χ0) is 20.2. The average Bonchev–Trinajstić information content (AvgIpc) is 3.04. The standard InChI is InChI=1S/C15H20N4O3S.C2H4O2/c1-21-13-8-10(2-3-12(13)22-7-5-16)14(20)18-6-4-11-9-23-15(17)19-11;1-2(3)4/h2-3,8-9H,4-7,16H2,1H3,(H2,17,19)(H,18,20);1H3,(H,3,4). The monoisotopic (exact) mass is 396 g/mol. The van der Waals surface area contributed by atoms with Gasteiger partial charge in [0.05, 0.1) is 12.8 Å². The van der Waals surface area contributed by atoms with E-state index in [0.29, 0.717) is 48.3 Å². The molecule has 2 rings (SSSR count). The Kier molecular flexibility index (Phi) is 9.62. The number of nitrogens with zero attached hydrogens (tertiary/aromatic N) is 1. The molecule has 1 heterocycles. The number of amides is 1. The molecule has 1 aromatic heterocycles. The summed E-state index contributed by atoms with van der Waals surface area (Å²) in [6, 6.07) is 5.02. The Morgan fingerprint density at radius 2 is 2.04 bits per heavy atom. The van der Waals surface area contributed by atoms with Crippen molar-refractivity contribution in [2.75, 3.05) is 32.5 Å². The van der Waals surface area contributed by atoms with Gasteiger partial charge in [-0.2, -0.15) is 0 Å². The fourth-order valence-electron chi connectivity index (χ4n) is 1.94. The van der Waals surface area contributed by atoms with Crippen LogP contribution in [0.15, 0.2) is 23.6 Å². The van der Waals surface area contributed by atoms with Gasteiger partial charge in [-0.15, -0.1) is 11.3 Å². The Morgan fingerprint density at radius 3 is 2.59 bits per heavy atom. The van der Waals surface area contributed by atoms with E-state index < -0.39 is 5.97 Å². The minimum absolute atomic E-state index is 0.183. The summed E-state index contributed by atoms with van der Waals surface area (Å²) in [4.78, 5) is 25.3. The summed E-state index contributed by atoms with van der Waals surface area (Å²) in [5.74, 6) is 0.0442. The number of hydrogen-bond donors (Lipinski definition) is 4. The third-order valence-corrected chi connectivity index (χ3v) is 3.76. The molecule has 0 aliphatic heterocycles. The topological polar surface area (TPSA) is 150 Å². The molecule has 0 fully saturated rings. The maximum atomic E-state index is 12.2. The molecule has 0 radical (unpaired) electrons. The average molecular weight is 396 g/mol. The van der Waals surface area contributed by atoms with Crippen LogP contribution in [0.3, 0.4) is 0 Å². The van der Waals surface area contributed by atoms with Gasteiger partial charge in [-0.1, -0.05) is 0 Å². The smallest absolute Gasteiger partial charge is 0.300 e. The van der Waals surface area contributed by atoms with Crippen LogP contribution in [0.5, 0.6) is 11.5 Å². The van der Waals surface area contributed by atoms with Gasteiger partial charge in [-0.3, -0.25) is 9.59 Å². The molecule has 0 spiro atoms. The molecule has 9 nitrogen and oxygen atoms in total. The Labute approximate surface area is 161 Å². The number of methoxy groups -OCH3 is 1. The van der Waals surface area contributed by atoms with Crippen LogP contribution in [0.4, 0.5) is 5.13 Å². The van der Waals surface area contributed by atoms with E-state index >= 15 is 0 Å². The van der Waals surface area contributed by atoms with Crippen molar-refractivity contribution in [1.82, 2.24) is 10.3 Å². The summed E-state index contributed by atoms with van der Waals surface area (Å²) in [6.07, 6.45) is 0.633. The van der Waals surface area contributed by atoms with E-state index in [2.05, 4.69) is 10.3 Å². The Balaban J connectivity index is 0.000000828. The van der Waals surface area contributed by atoms with E-state index in [1.165, 1.54) is 18.4 Å². The van der Waals surface area contributed by atoms with Gasteiger partial charge < -0.3 is 31.4 Å². The lowest BCUT2D eigenvalue weighted by atomic mass is 10.2. The number of aromatic nitrogens is 1. The van der Waals surface area contributed by atoms with Crippen LogP contribution in [0.2, 0.25) is 0 Å². The summed E-state index contributed by atoms with van der Waals surface area (Å²) in [7, 11) is 1.53. The van der Waals surface area contributed by atoms with Crippen LogP contribution in [0, 0.1) is 0 Å². The minimum atomic E-state index is -0.833. The predicted molar refractivity (Wildman–Crippen MR) is 103 cm³/mol. The van der Waals surface area contributed by atoms with Gasteiger partial charge >= 0.3 is 0 Å². The second kappa shape index (κ2) is 11.7. The number of carbonyl (C=O) groups excluding carboxylic acids is 1. The fraction of sp³-hybridized carbons (Fsp3) is 0.353. The van der Waals surface area contributed by atoms with Crippen molar-refractivity contribution in [3.8, 4) is 11.5 Å². The molecule has 0 unspecified atom stereocenters. The SMILES string of the molecule is CC(=O)O.COc1cc(C(=O)NCCc2csc(N)n2)ccc1OCCN. The molecule has 0 aliphatic carbocycles. The number of nitrogen functional groups attached to an aromatic ring is 1. The van der Waals surface area contributed by atoms with E-state index in [1.54, 1.807) is 18.2 Å². The Hall–Kier alpha value is -2.85. The summed E-state index contributed by atoms with van der Waals surface area (Å²) < 4.78 is 10.7. The Bertz CT molecular complexity index is 747. The quantitative estimate of drug-likeness (QED) is 0.519. The lowest BCUT2D eigenvalue weighted by Gasteiger charge is -2.11. The van der Waals surface area contributed by atoms with Crippen molar-refractivity contribution >= 4 is 28.3 Å². The van der Waals surface area contributed by atoms with Gasteiger partial charge in [-0.25, -0.2) is 4.98 Å². The highest BCUT2D eigenvalue weighted by Gasteiger charge is 2.11. The molecule has 0 saturated heterocycles. The molecular formula is C17H24N4O5S. The Morgan fingerprint density at radius 1 is 1.33 bits per heavy atom. The molecule has 0 aliphatic rings. The second-order valence-electron chi connectivity index (χ2n) is 5.20. The van der Waals surface area contributed by atoms with Crippen LogP contribution < -0.4 is 26.3 Å². The number of thiazole rings is 1. The van der Waals surface area contributed by atoms with E-state index in [0.717, 1.165) is 12.6 Å². The number of carbonyl (C=O) groups is 2. The maximum Gasteiger partial charge on any atom is 0.300 e. The number of hydrogen-bond acceptors (Lipinski definition) is 8. The van der Waals surface area contributed by atoms with Crippen molar-refractivity contribution in [2.24, 2.45) is 5.73 Å². The highest BCUT2D eigenvalue weighted by atomic mass is 32.1. The first-order valence-corrected chi connectivity index (χ1v) is 8.93. The van der Waals surface area contributed by atoms with E-state index in [-0.39, 0.29) is 5.91 Å². The first kappa shape index (κ1) is 22.2. The first-order chi connectivity index (χ1) is 12.9. The molecule has 148 valence electrons. The van der Waals surface area contributed by atoms with Crippen LogP contribution in [0.25, 0.3) is 0 Å². The van der Waals surface area contributed by atoms with Crippen LogP contribution in [-0.4, -0.2) is 48.8 Å². The summed E-state index contributed by atoms with van der Waals surface area (Å²) in [5.41, 5.74) is 12.3. The normalized spacial score (nSPS) is 9.74. The van der Waals surface area contributed by atoms with Gasteiger partial charge in [0.15, 0.2) is 16.6 Å². The molecule has 0 saturated carbocycles. The molecule has 0 atom stereocenters. The number of nitrogens with one attached hydrogen (secondary N) is 1. The van der Waals surface area contributed by atoms with Gasteiger partial charge in [0.2, 0.25) is 0 Å². The van der Waals surface area contributed by atoms with Gasteiger partial charge in [0.25, 0.3) is 11.9 Å². The third-order valence-electron chi connectivity index (χ3n) is 3.04. The van der Waals surface area contributed by atoms with Crippen molar-refractivity contribution in [3.63, 3.8) is 0 Å². The maximum absolute atomic E-state index is 12.2. The molecular weight excluding hydrogens is 372 g/mol. The number of carboxylic acid groups (broad SMARTS) is 1. The second-order valence-corrected chi connectivity index (χ2v) is 6.09. The van der Waals surface area contributed by atoms with Gasteiger partial charge in [0, 0.05) is 37.4 Å². The third kappa shape index (κ3) is 8.38. The number of benzene rings is 1. The molecule has 10 heteroatoms. The molecule has 0 bridgehead atoms. The zero-order valence-electron chi connectivity index (χ0n) is 15.2. The lowest BCUT2D eigenvalue weighted by molar-refractivity contribution is -0.134. The van der Waals surface area contributed by atoms with Crippen molar-refractivity contribution in [2.45, 2.75) is 13.3 Å². The zero-order valence-corrected chi connectivity index (χ0v) is 16.0. The highest BCUT2D eigenvalue weighted by molar-refractivity contribution is 7.13. The number of carboxylic acids is 1.